The standard InChI is InChI=1S/C26H21FN2O5/c1-33-19-9-7-18(8-10-19)28-24(30)15-29-14-22(25(31)16-3-5-17(27)6-4-16)26(32)21-13-20(34-2)11-12-23(21)29/h3-14H,15H2,1-2H3,(H,28,30). The zero-order valence-electron chi connectivity index (χ0n) is 18.5. The van der Waals surface area contributed by atoms with Gasteiger partial charge in [0.1, 0.15) is 23.9 Å². The molecule has 4 rings (SSSR count). The van der Waals surface area contributed by atoms with Gasteiger partial charge in [0, 0.05) is 17.4 Å². The van der Waals surface area contributed by atoms with Crippen LogP contribution in [0.5, 0.6) is 11.5 Å². The Morgan fingerprint density at radius 2 is 1.56 bits per heavy atom. The lowest BCUT2D eigenvalue weighted by molar-refractivity contribution is -0.116. The summed E-state index contributed by atoms with van der Waals surface area (Å²) < 4.78 is 25.2. The molecule has 172 valence electrons. The number of halogens is 1. The molecule has 8 heteroatoms. The molecule has 34 heavy (non-hydrogen) atoms. The Balaban J connectivity index is 1.74. The first-order valence-corrected chi connectivity index (χ1v) is 10.3. The molecule has 0 unspecified atom stereocenters. The third kappa shape index (κ3) is 4.66. The van der Waals surface area contributed by atoms with Crippen molar-refractivity contribution in [3.8, 4) is 11.5 Å². The van der Waals surface area contributed by atoms with Crippen LogP contribution >= 0.6 is 0 Å². The van der Waals surface area contributed by atoms with E-state index in [0.717, 1.165) is 12.1 Å². The summed E-state index contributed by atoms with van der Waals surface area (Å²) in [4.78, 5) is 39.1. The maximum absolute atomic E-state index is 13.3. The Morgan fingerprint density at radius 1 is 0.912 bits per heavy atom. The van der Waals surface area contributed by atoms with Gasteiger partial charge in [0.25, 0.3) is 0 Å². The smallest absolute Gasteiger partial charge is 0.244 e. The second kappa shape index (κ2) is 9.58. The van der Waals surface area contributed by atoms with E-state index in [9.17, 15) is 18.8 Å². The highest BCUT2D eigenvalue weighted by Crippen LogP contribution is 2.21. The van der Waals surface area contributed by atoms with Crippen molar-refractivity contribution >= 4 is 28.3 Å². The number of hydrogen-bond donors (Lipinski definition) is 1. The van der Waals surface area contributed by atoms with E-state index >= 15 is 0 Å². The van der Waals surface area contributed by atoms with Crippen molar-refractivity contribution in [2.75, 3.05) is 19.5 Å². The van der Waals surface area contributed by atoms with E-state index in [-0.39, 0.29) is 29.0 Å². The maximum Gasteiger partial charge on any atom is 0.244 e. The SMILES string of the molecule is COc1ccc(NC(=O)Cn2cc(C(=O)c3ccc(F)cc3)c(=O)c3cc(OC)ccc32)cc1. The monoisotopic (exact) mass is 460 g/mol. The van der Waals surface area contributed by atoms with Gasteiger partial charge in [0.15, 0.2) is 5.78 Å². The fraction of sp³-hybridized carbons (Fsp3) is 0.115. The van der Waals surface area contributed by atoms with Crippen molar-refractivity contribution < 1.29 is 23.5 Å². The zero-order valence-corrected chi connectivity index (χ0v) is 18.5. The minimum absolute atomic E-state index is 0.135. The number of anilines is 1. The second-order valence-corrected chi connectivity index (χ2v) is 7.50. The van der Waals surface area contributed by atoms with Crippen LogP contribution in [-0.4, -0.2) is 30.5 Å². The molecule has 0 aliphatic heterocycles. The average Bonchev–Trinajstić information content (AvgIpc) is 2.86. The van der Waals surface area contributed by atoms with Crippen LogP contribution in [0.25, 0.3) is 10.9 Å². The van der Waals surface area contributed by atoms with Crippen molar-refractivity contribution in [3.63, 3.8) is 0 Å². The summed E-state index contributed by atoms with van der Waals surface area (Å²) in [6.07, 6.45) is 1.36. The summed E-state index contributed by atoms with van der Waals surface area (Å²) in [5.74, 6) is -0.329. The van der Waals surface area contributed by atoms with Crippen molar-refractivity contribution in [1.29, 1.82) is 0 Å². The fourth-order valence-corrected chi connectivity index (χ4v) is 3.58. The third-order valence-corrected chi connectivity index (χ3v) is 5.33. The van der Waals surface area contributed by atoms with Crippen molar-refractivity contribution in [1.82, 2.24) is 4.57 Å². The first-order valence-electron chi connectivity index (χ1n) is 10.3. The number of nitrogens with one attached hydrogen (secondary N) is 1. The van der Waals surface area contributed by atoms with Gasteiger partial charge in [-0.3, -0.25) is 14.4 Å². The molecule has 1 aromatic heterocycles. The van der Waals surface area contributed by atoms with Gasteiger partial charge in [-0.2, -0.15) is 0 Å². The molecule has 0 aliphatic carbocycles. The number of amides is 1. The molecule has 4 aromatic rings. The number of nitrogens with zero attached hydrogens (tertiary/aromatic N) is 1. The number of carbonyl (C=O) groups excluding carboxylic acids is 2. The molecule has 3 aromatic carbocycles. The Labute approximate surface area is 194 Å². The molecule has 0 atom stereocenters. The molecule has 0 radical (unpaired) electrons. The number of aromatic nitrogens is 1. The first kappa shape index (κ1) is 22.7. The number of methoxy groups -OCH3 is 2. The highest BCUT2D eigenvalue weighted by Gasteiger charge is 2.19. The van der Waals surface area contributed by atoms with Crippen LogP contribution in [0, 0.1) is 5.82 Å². The lowest BCUT2D eigenvalue weighted by Crippen LogP contribution is -2.24. The molecule has 0 saturated carbocycles. The van der Waals surface area contributed by atoms with Crippen molar-refractivity contribution in [2.45, 2.75) is 6.54 Å². The molecule has 0 saturated heterocycles. The van der Waals surface area contributed by atoms with Gasteiger partial charge in [0.2, 0.25) is 11.3 Å². The number of carbonyl (C=O) groups is 2. The molecule has 0 bridgehead atoms. The summed E-state index contributed by atoms with van der Waals surface area (Å²) in [6, 6.07) is 16.6. The van der Waals surface area contributed by atoms with Gasteiger partial charge in [-0.15, -0.1) is 0 Å². The molecular weight excluding hydrogens is 439 g/mol. The molecule has 1 N–H and O–H groups in total. The number of pyridine rings is 1. The normalized spacial score (nSPS) is 10.7. The van der Waals surface area contributed by atoms with Crippen LogP contribution in [0.3, 0.4) is 0 Å². The van der Waals surface area contributed by atoms with E-state index in [0.29, 0.717) is 22.7 Å². The van der Waals surface area contributed by atoms with Gasteiger partial charge in [0.05, 0.1) is 30.7 Å². The maximum atomic E-state index is 13.3. The summed E-state index contributed by atoms with van der Waals surface area (Å²) in [7, 11) is 3.02. The molecule has 0 aliphatic rings. The Kier molecular flexibility index (Phi) is 6.40. The van der Waals surface area contributed by atoms with Gasteiger partial charge >= 0.3 is 0 Å². The van der Waals surface area contributed by atoms with Crippen molar-refractivity contribution in [2.24, 2.45) is 0 Å². The number of ketones is 1. The third-order valence-electron chi connectivity index (χ3n) is 5.33. The quantitative estimate of drug-likeness (QED) is 0.421. The van der Waals surface area contributed by atoms with Crippen LogP contribution in [0.15, 0.2) is 77.7 Å². The Bertz CT molecular complexity index is 1430. The largest absolute Gasteiger partial charge is 0.497 e. The van der Waals surface area contributed by atoms with E-state index in [4.69, 9.17) is 9.47 Å². The summed E-state index contributed by atoms with van der Waals surface area (Å²) in [5.41, 5.74) is 0.557. The molecule has 0 fully saturated rings. The molecular formula is C26H21FN2O5. The number of hydrogen-bond acceptors (Lipinski definition) is 5. The molecule has 0 spiro atoms. The Morgan fingerprint density at radius 3 is 2.21 bits per heavy atom. The summed E-state index contributed by atoms with van der Waals surface area (Å²) in [6.45, 7) is -0.154. The predicted molar refractivity (Wildman–Crippen MR) is 126 cm³/mol. The lowest BCUT2D eigenvalue weighted by atomic mass is 10.0. The van der Waals surface area contributed by atoms with Gasteiger partial charge < -0.3 is 19.4 Å². The Hall–Kier alpha value is -4.46. The number of benzene rings is 3. The summed E-state index contributed by atoms with van der Waals surface area (Å²) in [5, 5.41) is 3.01. The van der Waals surface area contributed by atoms with Crippen LogP contribution in [0.1, 0.15) is 15.9 Å². The topological polar surface area (TPSA) is 86.6 Å². The minimum atomic E-state index is -0.570. The predicted octanol–water partition coefficient (Wildman–Crippen LogP) is 4.03. The van der Waals surface area contributed by atoms with Gasteiger partial charge in [-0.05, 0) is 66.7 Å². The fourth-order valence-electron chi connectivity index (χ4n) is 3.58. The molecule has 1 amide bonds. The molecule has 7 nitrogen and oxygen atoms in total. The van der Waals surface area contributed by atoms with E-state index in [2.05, 4.69) is 5.32 Å². The molecule has 1 heterocycles. The average molecular weight is 460 g/mol. The highest BCUT2D eigenvalue weighted by atomic mass is 19.1. The van der Waals surface area contributed by atoms with Crippen LogP contribution in [0.2, 0.25) is 0 Å². The summed E-state index contributed by atoms with van der Waals surface area (Å²) >= 11 is 0. The van der Waals surface area contributed by atoms with E-state index in [1.807, 2.05) is 0 Å². The number of rotatable bonds is 7. The highest BCUT2D eigenvalue weighted by molar-refractivity contribution is 6.10. The van der Waals surface area contributed by atoms with Crippen LogP contribution in [0.4, 0.5) is 10.1 Å². The van der Waals surface area contributed by atoms with E-state index in [1.54, 1.807) is 43.5 Å². The number of fused-ring (bicyclic) bond motifs is 1. The first-order chi connectivity index (χ1) is 16.4. The van der Waals surface area contributed by atoms with Crippen LogP contribution in [-0.2, 0) is 11.3 Å². The lowest BCUT2D eigenvalue weighted by Gasteiger charge is -2.14. The van der Waals surface area contributed by atoms with E-state index < -0.39 is 17.0 Å². The van der Waals surface area contributed by atoms with Gasteiger partial charge in [-0.1, -0.05) is 0 Å². The minimum Gasteiger partial charge on any atom is -0.497 e. The second-order valence-electron chi connectivity index (χ2n) is 7.50. The van der Waals surface area contributed by atoms with Gasteiger partial charge in [-0.25, -0.2) is 4.39 Å². The van der Waals surface area contributed by atoms with Crippen LogP contribution < -0.4 is 20.2 Å². The van der Waals surface area contributed by atoms with E-state index in [1.165, 1.54) is 36.1 Å². The number of ether oxygens (including phenoxy) is 2. The van der Waals surface area contributed by atoms with Crippen molar-refractivity contribution in [3.05, 3.63) is 100 Å². The zero-order chi connectivity index (χ0) is 24.2.